The number of carbonyl (C=O) groups is 4. The van der Waals surface area contributed by atoms with Crippen molar-refractivity contribution in [3.05, 3.63) is 58.7 Å². The maximum atomic E-state index is 17.5. The van der Waals surface area contributed by atoms with Crippen LogP contribution in [0.1, 0.15) is 63.7 Å². The van der Waals surface area contributed by atoms with E-state index < -0.39 is 81.4 Å². The highest BCUT2D eigenvalue weighted by Crippen LogP contribution is 2.72. The van der Waals surface area contributed by atoms with E-state index >= 15 is 8.78 Å². The number of ketones is 2. The van der Waals surface area contributed by atoms with Crippen LogP contribution in [-0.2, 0) is 23.3 Å². The first-order chi connectivity index (χ1) is 20.2. The van der Waals surface area contributed by atoms with Gasteiger partial charge in [-0.15, -0.1) is 0 Å². The Bertz CT molecular complexity index is 1410. The molecule has 43 heavy (non-hydrogen) atoms. The Balaban J connectivity index is 1.48. The van der Waals surface area contributed by atoms with Crippen LogP contribution in [0.25, 0.3) is 0 Å². The van der Waals surface area contributed by atoms with Crippen molar-refractivity contribution >= 4 is 46.3 Å². The highest BCUT2D eigenvalue weighted by molar-refractivity contribution is 8.09. The van der Waals surface area contributed by atoms with Crippen LogP contribution in [0.4, 0.5) is 8.78 Å². The minimum absolute atomic E-state index is 0.00140. The number of esters is 1. The van der Waals surface area contributed by atoms with Crippen molar-refractivity contribution < 1.29 is 42.0 Å². The van der Waals surface area contributed by atoms with Crippen molar-refractivity contribution in [2.45, 2.75) is 76.9 Å². The Morgan fingerprint density at radius 1 is 1.14 bits per heavy atom. The average Bonchev–Trinajstić information content (AvgIpc) is 3.18. The number of rotatable bonds is 7. The van der Waals surface area contributed by atoms with Gasteiger partial charge < -0.3 is 9.84 Å². The van der Waals surface area contributed by atoms with Gasteiger partial charge in [0.2, 0.25) is 0 Å². The number of fused-ring (bicyclic) bond motifs is 5. The quantitative estimate of drug-likeness (QED) is 0.222. The maximum absolute atomic E-state index is 17.5. The molecule has 1 aromatic rings. The van der Waals surface area contributed by atoms with Gasteiger partial charge in [0.15, 0.2) is 22.8 Å². The lowest BCUT2D eigenvalue weighted by molar-refractivity contribution is -0.228. The molecule has 0 aliphatic heterocycles. The van der Waals surface area contributed by atoms with Gasteiger partial charge in [-0.3, -0.25) is 23.4 Å². The van der Waals surface area contributed by atoms with Crippen LogP contribution in [0.2, 0.25) is 5.02 Å². The van der Waals surface area contributed by atoms with E-state index in [-0.39, 0.29) is 31.3 Å². The molecule has 1 aromatic carbocycles. The van der Waals surface area contributed by atoms with Gasteiger partial charge >= 0.3 is 5.97 Å². The molecule has 4 aliphatic carbocycles. The Morgan fingerprint density at radius 2 is 1.81 bits per heavy atom. The molecule has 11 heteroatoms. The topological polar surface area (TPSA) is 107 Å². The molecule has 0 amide bonds. The first-order valence-corrected chi connectivity index (χ1v) is 15.6. The van der Waals surface area contributed by atoms with Gasteiger partial charge in [0.1, 0.15) is 12.8 Å². The number of ether oxygens (including phenoxy) is 1. The molecule has 5 rings (SSSR count). The monoisotopic (exact) mass is 636 g/mol. The van der Waals surface area contributed by atoms with E-state index in [4.69, 9.17) is 20.5 Å². The van der Waals surface area contributed by atoms with Crippen molar-refractivity contribution in [3.8, 4) is 0 Å². The number of alkyl halides is 2. The Morgan fingerprint density at radius 3 is 2.47 bits per heavy atom. The molecule has 0 saturated heterocycles. The van der Waals surface area contributed by atoms with E-state index in [1.54, 1.807) is 32.9 Å². The summed E-state index contributed by atoms with van der Waals surface area (Å²) < 4.78 is 44.8. The van der Waals surface area contributed by atoms with E-state index in [0.717, 1.165) is 6.08 Å². The smallest absolute Gasteiger partial charge is 0.306 e. The second kappa shape index (κ2) is 11.2. The molecule has 0 spiro atoms. The molecule has 0 aromatic heterocycles. The van der Waals surface area contributed by atoms with E-state index in [2.05, 4.69) is 0 Å². The number of carbonyl (C=O) groups excluding carboxylic acids is 4. The molecular weight excluding hydrogens is 602 g/mol. The Hall–Kier alpha value is -2.40. The first kappa shape index (κ1) is 32.0. The van der Waals surface area contributed by atoms with Gasteiger partial charge in [-0.25, -0.2) is 8.78 Å². The summed E-state index contributed by atoms with van der Waals surface area (Å²) in [6.07, 6.45) is -0.0191. The second-order valence-electron chi connectivity index (χ2n) is 12.6. The number of aliphatic hydroxyl groups excluding tert-OH is 1. The lowest BCUT2D eigenvalue weighted by atomic mass is 9.44. The largest absolute Gasteiger partial charge is 0.449 e. The summed E-state index contributed by atoms with van der Waals surface area (Å²) in [6, 6.07) is 6.17. The fourth-order valence-electron chi connectivity index (χ4n) is 8.39. The number of Topliss-reactive ketones (excluding diaryl/α,β-unsaturated/α-hetero) is 1. The SMILES string of the molecule is CCC(=O)O[C@]1(C(=O)SOCC(=O)c2ccc(Cl)cc2)[C@H](C)CC2C3C[C@H](F)C4=CC(=O)C=C[C@]4(C)[C@@]3(F)[C@@H](O)C[C@@]21C. The summed E-state index contributed by atoms with van der Waals surface area (Å²) in [5, 5.41) is 11.4. The molecule has 4 aliphatic rings. The minimum atomic E-state index is -2.34. The van der Waals surface area contributed by atoms with E-state index in [0.29, 0.717) is 22.6 Å². The minimum Gasteiger partial charge on any atom is -0.449 e. The molecule has 232 valence electrons. The number of allylic oxidation sites excluding steroid dienone is 4. The number of halogens is 3. The van der Waals surface area contributed by atoms with E-state index in [1.165, 1.54) is 31.2 Å². The van der Waals surface area contributed by atoms with Crippen molar-refractivity contribution in [3.63, 3.8) is 0 Å². The maximum Gasteiger partial charge on any atom is 0.306 e. The van der Waals surface area contributed by atoms with Crippen LogP contribution in [0.3, 0.4) is 0 Å². The fraction of sp³-hybridized carbons (Fsp3) is 0.562. The Kier molecular flexibility index (Phi) is 8.33. The van der Waals surface area contributed by atoms with Crippen molar-refractivity contribution in [2.24, 2.45) is 28.6 Å². The summed E-state index contributed by atoms with van der Waals surface area (Å²) >= 11 is 6.28. The van der Waals surface area contributed by atoms with Gasteiger partial charge in [0.25, 0.3) is 5.12 Å². The summed E-state index contributed by atoms with van der Waals surface area (Å²) in [7, 11) is 0. The fourth-order valence-corrected chi connectivity index (χ4v) is 9.39. The zero-order valence-electron chi connectivity index (χ0n) is 24.4. The molecule has 3 saturated carbocycles. The highest BCUT2D eigenvalue weighted by atomic mass is 35.5. The first-order valence-electron chi connectivity index (χ1n) is 14.5. The molecule has 2 unspecified atom stereocenters. The molecule has 3 fully saturated rings. The lowest BCUT2D eigenvalue weighted by Gasteiger charge is -2.63. The third-order valence-corrected chi connectivity index (χ3v) is 11.5. The van der Waals surface area contributed by atoms with Crippen LogP contribution in [0.5, 0.6) is 0 Å². The van der Waals surface area contributed by atoms with E-state index in [9.17, 15) is 24.3 Å². The summed E-state index contributed by atoms with van der Waals surface area (Å²) in [5.74, 6) is -3.86. The zero-order valence-corrected chi connectivity index (χ0v) is 26.0. The van der Waals surface area contributed by atoms with Crippen molar-refractivity contribution in [1.29, 1.82) is 0 Å². The number of benzene rings is 1. The van der Waals surface area contributed by atoms with Crippen LogP contribution < -0.4 is 0 Å². The number of hydrogen-bond donors (Lipinski definition) is 1. The van der Waals surface area contributed by atoms with Crippen molar-refractivity contribution in [2.75, 3.05) is 6.61 Å². The average molecular weight is 637 g/mol. The van der Waals surface area contributed by atoms with Gasteiger partial charge in [0.05, 0.1) is 18.1 Å². The molecule has 0 heterocycles. The van der Waals surface area contributed by atoms with Crippen LogP contribution in [-0.4, -0.2) is 57.9 Å². The van der Waals surface area contributed by atoms with Gasteiger partial charge in [0, 0.05) is 39.7 Å². The standard InChI is InChI=1S/C32H35ClF2O7S/c1-5-27(39)42-32(28(40)43-41-16-25(37)18-6-8-19(33)9-7-18)17(2)12-21-22-14-24(34)23-13-20(36)10-11-29(23,3)31(22,35)26(38)15-30(21,32)4/h6-11,13,17,21-22,24,26,38H,5,12,14-16H2,1-4H3/t17-,21?,22?,24+,26+,29+,30+,31+,32+/m1/s1. The highest BCUT2D eigenvalue weighted by Gasteiger charge is 2.78. The van der Waals surface area contributed by atoms with Gasteiger partial charge in [-0.1, -0.05) is 38.4 Å². The third-order valence-electron chi connectivity index (χ3n) is 10.5. The van der Waals surface area contributed by atoms with Gasteiger partial charge in [-0.05, 0) is 74.1 Å². The number of aliphatic hydroxyl groups is 1. The predicted octanol–water partition coefficient (Wildman–Crippen LogP) is 5.97. The normalized spacial score (nSPS) is 39.8. The third kappa shape index (κ3) is 4.66. The van der Waals surface area contributed by atoms with Crippen LogP contribution in [0, 0.1) is 28.6 Å². The molecule has 9 atom stereocenters. The molecule has 7 nitrogen and oxygen atoms in total. The van der Waals surface area contributed by atoms with Crippen molar-refractivity contribution in [1.82, 2.24) is 0 Å². The van der Waals surface area contributed by atoms with Gasteiger partial charge in [-0.2, -0.15) is 0 Å². The summed E-state index contributed by atoms with van der Waals surface area (Å²) in [4.78, 5) is 51.7. The second-order valence-corrected chi connectivity index (χ2v) is 13.8. The van der Waals surface area contributed by atoms with E-state index in [1.807, 2.05) is 0 Å². The predicted molar refractivity (Wildman–Crippen MR) is 157 cm³/mol. The molecular formula is C32H35ClF2O7S. The zero-order chi connectivity index (χ0) is 31.5. The lowest BCUT2D eigenvalue weighted by Crippen LogP contribution is -2.70. The molecule has 0 bridgehead atoms. The summed E-state index contributed by atoms with van der Waals surface area (Å²) in [6.45, 7) is 6.04. The van der Waals surface area contributed by atoms with Crippen LogP contribution in [0.15, 0.2) is 48.1 Å². The van der Waals surface area contributed by atoms with Crippen LogP contribution >= 0.6 is 23.6 Å². The molecule has 0 radical (unpaired) electrons. The molecule has 1 N–H and O–H groups in total. The Labute approximate surface area is 258 Å². The summed E-state index contributed by atoms with van der Waals surface area (Å²) in [5.41, 5.74) is -6.73. The number of hydrogen-bond acceptors (Lipinski definition) is 8.